The maximum absolute atomic E-state index is 12.8. The molecule has 0 aliphatic rings. The maximum Gasteiger partial charge on any atom is 0.434 e. The third-order valence-electron chi connectivity index (χ3n) is 2.01. The number of carbonyl (C=O) groups excluding carboxylic acids is 1. The van der Waals surface area contributed by atoms with Gasteiger partial charge in [-0.25, -0.2) is 9.78 Å². The van der Waals surface area contributed by atoms with E-state index in [0.29, 0.717) is 6.07 Å². The fraction of sp³-hybridized carbons (Fsp3) is 0.400. The Balaban J connectivity index is 3.56. The van der Waals surface area contributed by atoms with E-state index in [9.17, 15) is 26.7 Å². The minimum absolute atomic E-state index is 0.222. The van der Waals surface area contributed by atoms with Crippen LogP contribution in [0.2, 0.25) is 5.02 Å². The molecule has 0 aromatic carbocycles. The Labute approximate surface area is 119 Å². The van der Waals surface area contributed by atoms with Crippen molar-refractivity contribution in [3.63, 3.8) is 0 Å². The van der Waals surface area contributed by atoms with Gasteiger partial charge in [-0.15, -0.1) is 0 Å². The summed E-state index contributed by atoms with van der Waals surface area (Å²) in [5.74, 6) is -1.42. The zero-order valence-corrected chi connectivity index (χ0v) is 11.2. The van der Waals surface area contributed by atoms with Gasteiger partial charge in [0.2, 0.25) is 0 Å². The lowest BCUT2D eigenvalue weighted by atomic mass is 10.1. The van der Waals surface area contributed by atoms with Crippen molar-refractivity contribution in [1.29, 1.82) is 0 Å². The van der Waals surface area contributed by atoms with Crippen LogP contribution >= 0.6 is 23.2 Å². The molecule has 0 atom stereocenters. The van der Waals surface area contributed by atoms with Gasteiger partial charge in [0.15, 0.2) is 5.69 Å². The standard InChI is InChI=1S/C10H6Cl2F5NO2/c1-2-20-8(19)6-4(11)3-5(9(12,13)14)18-7(6)10(15,16)17/h3H,2H2,1H3. The number of halogens is 7. The van der Waals surface area contributed by atoms with Crippen molar-refractivity contribution in [1.82, 2.24) is 4.98 Å². The van der Waals surface area contributed by atoms with Crippen LogP contribution in [0.25, 0.3) is 0 Å². The lowest BCUT2D eigenvalue weighted by Gasteiger charge is -2.16. The number of ether oxygens (including phenoxy) is 1. The van der Waals surface area contributed by atoms with E-state index in [1.165, 1.54) is 6.92 Å². The van der Waals surface area contributed by atoms with Crippen molar-refractivity contribution < 1.29 is 31.5 Å². The van der Waals surface area contributed by atoms with Crippen molar-refractivity contribution in [2.75, 3.05) is 6.61 Å². The zero-order valence-electron chi connectivity index (χ0n) is 9.69. The first-order valence-electron chi connectivity index (χ1n) is 5.00. The van der Waals surface area contributed by atoms with E-state index in [-0.39, 0.29) is 6.61 Å². The number of pyridine rings is 1. The molecule has 1 aromatic rings. The Morgan fingerprint density at radius 1 is 1.35 bits per heavy atom. The third kappa shape index (κ3) is 3.69. The molecule has 0 aliphatic carbocycles. The Bertz CT molecular complexity index is 528. The van der Waals surface area contributed by atoms with Crippen LogP contribution in [0.5, 0.6) is 0 Å². The average molecular weight is 338 g/mol. The molecular formula is C10H6Cl2F5NO2. The van der Waals surface area contributed by atoms with Gasteiger partial charge >= 0.3 is 17.5 Å². The molecular weight excluding hydrogens is 332 g/mol. The minimum atomic E-state index is -5.18. The van der Waals surface area contributed by atoms with Gasteiger partial charge in [0.25, 0.3) is 0 Å². The first-order chi connectivity index (χ1) is 8.98. The molecule has 1 heterocycles. The van der Waals surface area contributed by atoms with Gasteiger partial charge in [-0.3, -0.25) is 0 Å². The normalized spacial score (nSPS) is 12.4. The molecule has 20 heavy (non-hydrogen) atoms. The zero-order chi connectivity index (χ0) is 15.7. The van der Waals surface area contributed by atoms with Gasteiger partial charge in [-0.05, 0) is 24.6 Å². The highest BCUT2D eigenvalue weighted by Crippen LogP contribution is 2.39. The molecule has 0 saturated heterocycles. The Hall–Kier alpha value is -1.15. The predicted octanol–water partition coefficient (Wildman–Crippen LogP) is 4.22. The van der Waals surface area contributed by atoms with Crippen molar-refractivity contribution in [2.45, 2.75) is 18.5 Å². The van der Waals surface area contributed by atoms with E-state index in [0.717, 1.165) is 0 Å². The fourth-order valence-electron chi connectivity index (χ4n) is 1.26. The van der Waals surface area contributed by atoms with Gasteiger partial charge in [-0.1, -0.05) is 11.6 Å². The number of nitrogens with zero attached hydrogens (tertiary/aromatic N) is 1. The van der Waals surface area contributed by atoms with E-state index in [1.807, 2.05) is 0 Å². The fourth-order valence-corrected chi connectivity index (χ4v) is 1.63. The molecule has 0 fully saturated rings. The monoisotopic (exact) mass is 337 g/mol. The molecule has 0 N–H and O–H groups in total. The van der Waals surface area contributed by atoms with Gasteiger partial charge in [0.05, 0.1) is 11.6 Å². The molecule has 0 spiro atoms. The Kier molecular flexibility index (Phi) is 4.81. The second kappa shape index (κ2) is 5.69. The molecule has 3 nitrogen and oxygen atoms in total. The van der Waals surface area contributed by atoms with Crippen LogP contribution in [0.4, 0.5) is 22.0 Å². The van der Waals surface area contributed by atoms with Crippen LogP contribution in [0, 0.1) is 0 Å². The van der Waals surface area contributed by atoms with E-state index in [1.54, 1.807) is 0 Å². The van der Waals surface area contributed by atoms with Crippen molar-refractivity contribution in [2.24, 2.45) is 0 Å². The topological polar surface area (TPSA) is 39.2 Å². The highest BCUT2D eigenvalue weighted by molar-refractivity contribution is 6.34. The quantitative estimate of drug-likeness (QED) is 0.471. The number of aromatic nitrogens is 1. The lowest BCUT2D eigenvalue weighted by molar-refractivity contribution is -0.142. The number of esters is 1. The number of hydrogen-bond acceptors (Lipinski definition) is 3. The molecule has 1 rings (SSSR count). The highest BCUT2D eigenvalue weighted by Gasteiger charge is 2.42. The van der Waals surface area contributed by atoms with Crippen LogP contribution in [0.3, 0.4) is 0 Å². The van der Waals surface area contributed by atoms with E-state index in [4.69, 9.17) is 11.6 Å². The molecule has 0 unspecified atom stereocenters. The molecule has 112 valence electrons. The second-order valence-corrected chi connectivity index (χ2v) is 4.31. The Morgan fingerprint density at radius 3 is 2.30 bits per heavy atom. The van der Waals surface area contributed by atoms with E-state index in [2.05, 4.69) is 21.3 Å². The first kappa shape index (κ1) is 16.9. The smallest absolute Gasteiger partial charge is 0.434 e. The lowest BCUT2D eigenvalue weighted by Crippen LogP contribution is -2.21. The van der Waals surface area contributed by atoms with Gasteiger partial charge in [-0.2, -0.15) is 22.0 Å². The number of alkyl halides is 6. The predicted molar refractivity (Wildman–Crippen MR) is 60.0 cm³/mol. The summed E-state index contributed by atoms with van der Waals surface area (Å²) in [7, 11) is 0. The second-order valence-electron chi connectivity index (χ2n) is 3.43. The molecule has 0 bridgehead atoms. The summed E-state index contributed by atoms with van der Waals surface area (Å²) in [5, 5.41) is -5.03. The van der Waals surface area contributed by atoms with Crippen LogP contribution in [0.15, 0.2) is 6.07 Å². The first-order valence-corrected chi connectivity index (χ1v) is 5.76. The van der Waals surface area contributed by atoms with Crippen molar-refractivity contribution >= 4 is 29.2 Å². The van der Waals surface area contributed by atoms with Gasteiger partial charge in [0.1, 0.15) is 11.3 Å². The minimum Gasteiger partial charge on any atom is -0.462 e. The summed E-state index contributed by atoms with van der Waals surface area (Å²) < 4.78 is 68.4. The number of rotatable bonds is 3. The number of carbonyl (C=O) groups is 1. The van der Waals surface area contributed by atoms with Crippen molar-refractivity contribution in [3.8, 4) is 0 Å². The van der Waals surface area contributed by atoms with Gasteiger partial charge < -0.3 is 4.74 Å². The highest BCUT2D eigenvalue weighted by atomic mass is 35.5. The summed E-state index contributed by atoms with van der Waals surface area (Å²) in [6.07, 6.45) is -5.18. The molecule has 0 amide bonds. The number of hydrogen-bond donors (Lipinski definition) is 0. The molecule has 0 saturated carbocycles. The van der Waals surface area contributed by atoms with Crippen LogP contribution in [-0.4, -0.2) is 17.6 Å². The van der Waals surface area contributed by atoms with Crippen molar-refractivity contribution in [3.05, 3.63) is 28.0 Å². The molecule has 1 aromatic heterocycles. The SMILES string of the molecule is CCOC(=O)c1c(Cl)cc(C(F)(F)Cl)nc1C(F)(F)F. The molecule has 0 radical (unpaired) electrons. The maximum atomic E-state index is 12.8. The van der Waals surface area contributed by atoms with Crippen LogP contribution < -0.4 is 0 Å². The largest absolute Gasteiger partial charge is 0.462 e. The van der Waals surface area contributed by atoms with Crippen LogP contribution in [0.1, 0.15) is 28.7 Å². The summed E-state index contributed by atoms with van der Waals surface area (Å²) in [6.45, 7) is 1.13. The summed E-state index contributed by atoms with van der Waals surface area (Å²) >= 11 is 10.1. The van der Waals surface area contributed by atoms with Crippen LogP contribution in [-0.2, 0) is 16.3 Å². The molecule has 10 heteroatoms. The van der Waals surface area contributed by atoms with E-state index < -0.39 is 39.5 Å². The van der Waals surface area contributed by atoms with E-state index >= 15 is 0 Å². The average Bonchev–Trinajstić information content (AvgIpc) is 2.25. The summed E-state index contributed by atoms with van der Waals surface area (Å²) in [6, 6.07) is 0.385. The summed E-state index contributed by atoms with van der Waals surface area (Å²) in [5.41, 5.74) is -4.42. The van der Waals surface area contributed by atoms with Gasteiger partial charge in [0, 0.05) is 0 Å². The summed E-state index contributed by atoms with van der Waals surface area (Å²) in [4.78, 5) is 14.1. The third-order valence-corrected chi connectivity index (χ3v) is 2.50. The Morgan fingerprint density at radius 2 is 1.90 bits per heavy atom. The molecule has 0 aliphatic heterocycles.